The van der Waals surface area contributed by atoms with Crippen molar-refractivity contribution < 1.29 is 9.59 Å². The van der Waals surface area contributed by atoms with Crippen molar-refractivity contribution in [1.29, 1.82) is 0 Å². The number of thiazole rings is 1. The average Bonchev–Trinajstić information content (AvgIpc) is 2.89. The van der Waals surface area contributed by atoms with Crippen LogP contribution in [-0.2, 0) is 24.1 Å². The van der Waals surface area contributed by atoms with E-state index in [1.54, 1.807) is 0 Å². The zero-order chi connectivity index (χ0) is 17.3. The van der Waals surface area contributed by atoms with Crippen LogP contribution in [0.5, 0.6) is 0 Å². The van der Waals surface area contributed by atoms with E-state index in [0.29, 0.717) is 22.9 Å². The molecular weight excluding hydrogens is 320 g/mol. The predicted octanol–water partition coefficient (Wildman–Crippen LogP) is 4.04. The first-order valence-electron chi connectivity index (χ1n) is 8.27. The summed E-state index contributed by atoms with van der Waals surface area (Å²) in [4.78, 5) is 29.6. The Labute approximate surface area is 146 Å². The van der Waals surface area contributed by atoms with Crippen LogP contribution in [0.3, 0.4) is 0 Å². The Kier molecular flexibility index (Phi) is 4.54. The Morgan fingerprint density at radius 1 is 1.21 bits per heavy atom. The summed E-state index contributed by atoms with van der Waals surface area (Å²) < 4.78 is 0. The van der Waals surface area contributed by atoms with Crippen molar-refractivity contribution in [1.82, 2.24) is 4.98 Å². The Morgan fingerprint density at radius 2 is 1.88 bits per heavy atom. The van der Waals surface area contributed by atoms with Crippen molar-refractivity contribution in [2.24, 2.45) is 5.41 Å². The molecule has 5 heteroatoms. The Balaban J connectivity index is 1.68. The Hall–Kier alpha value is -2.01. The average molecular weight is 342 g/mol. The van der Waals surface area contributed by atoms with Gasteiger partial charge in [-0.2, -0.15) is 0 Å². The van der Waals surface area contributed by atoms with Gasteiger partial charge in [-0.05, 0) is 29.4 Å². The lowest BCUT2D eigenvalue weighted by atomic mass is 9.78. The van der Waals surface area contributed by atoms with Crippen molar-refractivity contribution in [3.05, 3.63) is 46.0 Å². The van der Waals surface area contributed by atoms with Gasteiger partial charge in [0.15, 0.2) is 10.9 Å². The van der Waals surface area contributed by atoms with Crippen LogP contribution in [0.25, 0.3) is 0 Å². The molecule has 0 saturated heterocycles. The number of carbonyl (C=O) groups is 2. The number of amides is 1. The number of nitrogens with one attached hydrogen (secondary N) is 1. The summed E-state index contributed by atoms with van der Waals surface area (Å²) in [7, 11) is 0. The zero-order valence-electron chi connectivity index (χ0n) is 14.3. The van der Waals surface area contributed by atoms with Gasteiger partial charge in [0.2, 0.25) is 5.91 Å². The van der Waals surface area contributed by atoms with E-state index in [-0.39, 0.29) is 17.1 Å². The molecule has 0 fully saturated rings. The molecule has 3 rings (SSSR count). The van der Waals surface area contributed by atoms with Crippen LogP contribution >= 0.6 is 11.3 Å². The molecule has 0 unspecified atom stereocenters. The van der Waals surface area contributed by atoms with E-state index in [0.717, 1.165) is 24.1 Å². The van der Waals surface area contributed by atoms with Crippen LogP contribution in [0.1, 0.15) is 53.7 Å². The van der Waals surface area contributed by atoms with Crippen LogP contribution in [0.15, 0.2) is 24.3 Å². The van der Waals surface area contributed by atoms with E-state index < -0.39 is 0 Å². The predicted molar refractivity (Wildman–Crippen MR) is 96.7 cm³/mol. The van der Waals surface area contributed by atoms with E-state index in [1.165, 1.54) is 16.9 Å². The van der Waals surface area contributed by atoms with Crippen molar-refractivity contribution in [3.63, 3.8) is 0 Å². The SMILES string of the molecule is CCc1ccc(CC(=O)Nc2nc3c(s2)C(=O)CC(C)(C)C3)cc1. The fraction of sp³-hybridized carbons (Fsp3) is 0.421. The van der Waals surface area contributed by atoms with Crippen LogP contribution in [0, 0.1) is 5.41 Å². The second-order valence-electron chi connectivity index (χ2n) is 7.13. The number of benzene rings is 1. The van der Waals surface area contributed by atoms with Crippen molar-refractivity contribution >= 4 is 28.2 Å². The lowest BCUT2D eigenvalue weighted by Crippen LogP contribution is -2.26. The lowest BCUT2D eigenvalue weighted by Gasteiger charge is -2.26. The molecule has 1 aliphatic carbocycles. The second kappa shape index (κ2) is 6.48. The summed E-state index contributed by atoms with van der Waals surface area (Å²) in [6.45, 7) is 6.26. The fourth-order valence-electron chi connectivity index (χ4n) is 3.02. The largest absolute Gasteiger partial charge is 0.302 e. The first-order valence-corrected chi connectivity index (χ1v) is 9.08. The van der Waals surface area contributed by atoms with E-state index in [1.807, 2.05) is 24.3 Å². The first kappa shape index (κ1) is 16.8. The quantitative estimate of drug-likeness (QED) is 0.912. The number of ketones is 1. The number of hydrogen-bond acceptors (Lipinski definition) is 4. The number of aromatic nitrogens is 1. The van der Waals surface area contributed by atoms with Crippen molar-refractivity contribution in [3.8, 4) is 0 Å². The number of carbonyl (C=O) groups excluding carboxylic acids is 2. The summed E-state index contributed by atoms with van der Waals surface area (Å²) in [5.74, 6) is 0.0338. The van der Waals surface area contributed by atoms with Crippen LogP contribution in [0.2, 0.25) is 0 Å². The van der Waals surface area contributed by atoms with Gasteiger partial charge in [0.1, 0.15) is 0 Å². The number of Topliss-reactive ketones (excluding diaryl/α,β-unsaturated/α-hetero) is 1. The third-order valence-corrected chi connectivity index (χ3v) is 5.33. The molecule has 1 aromatic heterocycles. The van der Waals surface area contributed by atoms with E-state index in [2.05, 4.69) is 31.1 Å². The Morgan fingerprint density at radius 3 is 2.54 bits per heavy atom. The maximum absolute atomic E-state index is 12.2. The van der Waals surface area contributed by atoms with Crippen LogP contribution < -0.4 is 5.32 Å². The maximum Gasteiger partial charge on any atom is 0.230 e. The van der Waals surface area contributed by atoms with Gasteiger partial charge in [-0.25, -0.2) is 4.98 Å². The normalized spacial score (nSPS) is 15.9. The third-order valence-electron chi connectivity index (χ3n) is 4.28. The maximum atomic E-state index is 12.2. The van der Waals surface area contributed by atoms with E-state index in [4.69, 9.17) is 0 Å². The van der Waals surface area contributed by atoms with Gasteiger partial charge in [0.05, 0.1) is 17.0 Å². The molecular formula is C19H22N2O2S. The summed E-state index contributed by atoms with van der Waals surface area (Å²) in [5.41, 5.74) is 3.00. The molecule has 126 valence electrons. The summed E-state index contributed by atoms with van der Waals surface area (Å²) >= 11 is 1.30. The van der Waals surface area contributed by atoms with Gasteiger partial charge in [-0.15, -0.1) is 0 Å². The number of aryl methyl sites for hydroxylation is 1. The molecule has 0 aliphatic heterocycles. The van der Waals surface area contributed by atoms with Crippen molar-refractivity contribution in [2.75, 3.05) is 5.32 Å². The highest BCUT2D eigenvalue weighted by Crippen LogP contribution is 2.38. The van der Waals surface area contributed by atoms with Crippen molar-refractivity contribution in [2.45, 2.75) is 46.5 Å². The molecule has 24 heavy (non-hydrogen) atoms. The smallest absolute Gasteiger partial charge is 0.230 e. The first-order chi connectivity index (χ1) is 11.4. The summed E-state index contributed by atoms with van der Waals surface area (Å²) in [5, 5.41) is 3.37. The topological polar surface area (TPSA) is 59.1 Å². The lowest BCUT2D eigenvalue weighted by molar-refractivity contribution is -0.115. The second-order valence-corrected chi connectivity index (χ2v) is 8.13. The number of nitrogens with zero attached hydrogens (tertiary/aromatic N) is 1. The molecule has 0 radical (unpaired) electrons. The number of fused-ring (bicyclic) bond motifs is 1. The van der Waals surface area contributed by atoms with Crippen LogP contribution in [-0.4, -0.2) is 16.7 Å². The standard InChI is InChI=1S/C19H22N2O2S/c1-4-12-5-7-13(8-6-12)9-16(23)21-18-20-14-10-19(2,3)11-15(22)17(14)24-18/h5-8H,4,9-11H2,1-3H3,(H,20,21,23). The monoisotopic (exact) mass is 342 g/mol. The zero-order valence-corrected chi connectivity index (χ0v) is 15.1. The number of hydrogen-bond donors (Lipinski definition) is 1. The summed E-state index contributed by atoms with van der Waals surface area (Å²) in [6.07, 6.45) is 2.62. The van der Waals surface area contributed by atoms with Gasteiger partial charge in [0, 0.05) is 6.42 Å². The number of rotatable bonds is 4. The van der Waals surface area contributed by atoms with Gasteiger partial charge in [-0.3, -0.25) is 9.59 Å². The molecule has 1 amide bonds. The summed E-state index contributed by atoms with van der Waals surface area (Å²) in [6, 6.07) is 8.06. The highest BCUT2D eigenvalue weighted by Gasteiger charge is 2.34. The highest BCUT2D eigenvalue weighted by atomic mass is 32.1. The van der Waals surface area contributed by atoms with Gasteiger partial charge < -0.3 is 5.32 Å². The molecule has 1 aromatic carbocycles. The number of anilines is 1. The van der Waals surface area contributed by atoms with Gasteiger partial charge in [0.25, 0.3) is 0 Å². The Bertz CT molecular complexity index is 775. The molecule has 1 heterocycles. The minimum Gasteiger partial charge on any atom is -0.302 e. The molecule has 2 aromatic rings. The van der Waals surface area contributed by atoms with Gasteiger partial charge >= 0.3 is 0 Å². The molecule has 1 aliphatic rings. The van der Waals surface area contributed by atoms with E-state index in [9.17, 15) is 9.59 Å². The molecule has 0 atom stereocenters. The highest BCUT2D eigenvalue weighted by molar-refractivity contribution is 7.17. The van der Waals surface area contributed by atoms with Gasteiger partial charge in [-0.1, -0.05) is 56.4 Å². The minimum atomic E-state index is -0.0999. The third kappa shape index (κ3) is 3.73. The molecule has 1 N–H and O–H groups in total. The van der Waals surface area contributed by atoms with E-state index >= 15 is 0 Å². The molecule has 0 spiro atoms. The molecule has 0 saturated carbocycles. The fourth-order valence-corrected chi connectivity index (χ4v) is 3.95. The molecule has 0 bridgehead atoms. The van der Waals surface area contributed by atoms with Crippen LogP contribution in [0.4, 0.5) is 5.13 Å². The molecule has 4 nitrogen and oxygen atoms in total. The minimum absolute atomic E-state index is 0.0551.